The van der Waals surface area contributed by atoms with Crippen molar-refractivity contribution < 1.29 is 9.59 Å². The van der Waals surface area contributed by atoms with Crippen molar-refractivity contribution in [1.82, 2.24) is 10.6 Å². The number of nitrogens with one attached hydrogen (secondary N) is 3. The number of rotatable bonds is 5. The lowest BCUT2D eigenvalue weighted by molar-refractivity contribution is 0.0952. The van der Waals surface area contributed by atoms with Crippen LogP contribution < -0.4 is 16.0 Å². The molecule has 0 aliphatic rings. The molecule has 5 heteroatoms. The van der Waals surface area contributed by atoms with Gasteiger partial charge in [-0.15, -0.1) is 0 Å². The molecule has 0 aromatic heterocycles. The minimum Gasteiger partial charge on any atom is -0.348 e. The van der Waals surface area contributed by atoms with E-state index in [1.54, 1.807) is 24.3 Å². The van der Waals surface area contributed by atoms with E-state index in [1.807, 2.05) is 44.2 Å². The second-order valence-electron chi connectivity index (χ2n) is 5.47. The molecule has 3 N–H and O–H groups in total. The molecule has 3 amide bonds. The van der Waals surface area contributed by atoms with Crippen molar-refractivity contribution in [3.8, 4) is 0 Å². The number of hydrogen-bond donors (Lipinski definition) is 3. The average Bonchev–Trinajstić information content (AvgIpc) is 2.53. The SMILES string of the molecule is CC(C)NC(=O)Nc1ccccc1C(=O)NCc1ccccc1. The van der Waals surface area contributed by atoms with Crippen LogP contribution in [0.2, 0.25) is 0 Å². The number of urea groups is 1. The van der Waals surface area contributed by atoms with Crippen LogP contribution in [-0.2, 0) is 6.54 Å². The molecule has 0 radical (unpaired) electrons. The van der Waals surface area contributed by atoms with Gasteiger partial charge in [0, 0.05) is 12.6 Å². The van der Waals surface area contributed by atoms with E-state index in [0.717, 1.165) is 5.56 Å². The molecule has 0 bridgehead atoms. The van der Waals surface area contributed by atoms with Gasteiger partial charge in [-0.05, 0) is 31.5 Å². The maximum absolute atomic E-state index is 12.4. The topological polar surface area (TPSA) is 70.2 Å². The van der Waals surface area contributed by atoms with Crippen LogP contribution in [0.25, 0.3) is 0 Å². The Balaban J connectivity index is 2.04. The van der Waals surface area contributed by atoms with Gasteiger partial charge in [0.05, 0.1) is 11.3 Å². The molecule has 0 aliphatic heterocycles. The van der Waals surface area contributed by atoms with Crippen molar-refractivity contribution in [2.75, 3.05) is 5.32 Å². The Labute approximate surface area is 136 Å². The zero-order chi connectivity index (χ0) is 16.7. The van der Waals surface area contributed by atoms with E-state index < -0.39 is 0 Å². The molecule has 23 heavy (non-hydrogen) atoms. The van der Waals surface area contributed by atoms with Crippen molar-refractivity contribution in [2.45, 2.75) is 26.4 Å². The maximum Gasteiger partial charge on any atom is 0.319 e. The van der Waals surface area contributed by atoms with Gasteiger partial charge in [-0.1, -0.05) is 42.5 Å². The largest absolute Gasteiger partial charge is 0.348 e. The zero-order valence-electron chi connectivity index (χ0n) is 13.3. The number of anilines is 1. The van der Waals surface area contributed by atoms with E-state index in [9.17, 15) is 9.59 Å². The predicted octanol–water partition coefficient (Wildman–Crippen LogP) is 3.15. The first-order valence-electron chi connectivity index (χ1n) is 7.55. The fraction of sp³-hybridized carbons (Fsp3) is 0.222. The Hall–Kier alpha value is -2.82. The van der Waals surface area contributed by atoms with E-state index >= 15 is 0 Å². The van der Waals surface area contributed by atoms with Crippen molar-refractivity contribution in [1.29, 1.82) is 0 Å². The predicted molar refractivity (Wildman–Crippen MR) is 91.3 cm³/mol. The quantitative estimate of drug-likeness (QED) is 0.794. The highest BCUT2D eigenvalue weighted by Crippen LogP contribution is 2.15. The van der Waals surface area contributed by atoms with Gasteiger partial charge in [-0.2, -0.15) is 0 Å². The Morgan fingerprint density at radius 3 is 2.30 bits per heavy atom. The van der Waals surface area contributed by atoms with E-state index in [0.29, 0.717) is 17.8 Å². The van der Waals surface area contributed by atoms with Crippen molar-refractivity contribution in [2.24, 2.45) is 0 Å². The number of amides is 3. The maximum atomic E-state index is 12.4. The van der Waals surface area contributed by atoms with Crippen molar-refractivity contribution >= 4 is 17.6 Å². The first kappa shape index (κ1) is 16.5. The molecular weight excluding hydrogens is 290 g/mol. The highest BCUT2D eigenvalue weighted by atomic mass is 16.2. The fourth-order valence-corrected chi connectivity index (χ4v) is 2.08. The Bertz CT molecular complexity index is 669. The summed E-state index contributed by atoms with van der Waals surface area (Å²) in [6.45, 7) is 4.18. The number of benzene rings is 2. The molecule has 5 nitrogen and oxygen atoms in total. The molecule has 120 valence electrons. The van der Waals surface area contributed by atoms with E-state index in [1.165, 1.54) is 0 Å². The van der Waals surface area contributed by atoms with Crippen LogP contribution >= 0.6 is 0 Å². The summed E-state index contributed by atoms with van der Waals surface area (Å²) in [5.74, 6) is -0.227. The minimum atomic E-state index is -0.330. The van der Waals surface area contributed by atoms with Gasteiger partial charge in [0.1, 0.15) is 0 Å². The molecule has 0 saturated carbocycles. The average molecular weight is 311 g/mol. The van der Waals surface area contributed by atoms with Gasteiger partial charge < -0.3 is 16.0 Å². The molecule has 2 aromatic carbocycles. The Kier molecular flexibility index (Phi) is 5.74. The van der Waals surface area contributed by atoms with E-state index in [-0.39, 0.29) is 18.0 Å². The zero-order valence-corrected chi connectivity index (χ0v) is 13.3. The van der Waals surface area contributed by atoms with Gasteiger partial charge >= 0.3 is 6.03 Å². The number of carbonyl (C=O) groups excluding carboxylic acids is 2. The molecule has 0 spiro atoms. The lowest BCUT2D eigenvalue weighted by Crippen LogP contribution is -2.35. The van der Waals surface area contributed by atoms with Crippen molar-refractivity contribution in [3.05, 3.63) is 65.7 Å². The summed E-state index contributed by atoms with van der Waals surface area (Å²) >= 11 is 0. The summed E-state index contributed by atoms with van der Waals surface area (Å²) in [7, 11) is 0. The van der Waals surface area contributed by atoms with E-state index in [4.69, 9.17) is 0 Å². The number of carbonyl (C=O) groups is 2. The third-order valence-corrected chi connectivity index (χ3v) is 3.14. The standard InChI is InChI=1S/C18H21N3O2/c1-13(2)20-18(23)21-16-11-7-6-10-15(16)17(22)19-12-14-8-4-3-5-9-14/h3-11,13H,12H2,1-2H3,(H,19,22)(H2,20,21,23). The first-order valence-corrected chi connectivity index (χ1v) is 7.55. The summed E-state index contributed by atoms with van der Waals surface area (Å²) < 4.78 is 0. The molecule has 0 unspecified atom stereocenters. The lowest BCUT2D eigenvalue weighted by atomic mass is 10.1. The fourth-order valence-electron chi connectivity index (χ4n) is 2.08. The molecule has 0 heterocycles. The highest BCUT2D eigenvalue weighted by molar-refractivity contribution is 6.03. The van der Waals surface area contributed by atoms with Crippen LogP contribution in [0.3, 0.4) is 0 Å². The molecule has 0 saturated heterocycles. The van der Waals surface area contributed by atoms with Gasteiger partial charge in [0.2, 0.25) is 0 Å². The Morgan fingerprint density at radius 1 is 0.957 bits per heavy atom. The molecule has 0 aliphatic carbocycles. The van der Waals surface area contributed by atoms with Gasteiger partial charge in [-0.3, -0.25) is 4.79 Å². The second-order valence-corrected chi connectivity index (χ2v) is 5.47. The Morgan fingerprint density at radius 2 is 1.61 bits per heavy atom. The third kappa shape index (κ3) is 5.14. The van der Waals surface area contributed by atoms with Gasteiger partial charge in [-0.25, -0.2) is 4.79 Å². The van der Waals surface area contributed by atoms with Crippen molar-refractivity contribution in [3.63, 3.8) is 0 Å². The molecule has 2 rings (SSSR count). The first-order chi connectivity index (χ1) is 11.1. The van der Waals surface area contributed by atoms with Crippen LogP contribution in [-0.4, -0.2) is 18.0 Å². The second kappa shape index (κ2) is 7.98. The van der Waals surface area contributed by atoms with Crippen LogP contribution in [0, 0.1) is 0 Å². The van der Waals surface area contributed by atoms with Crippen LogP contribution in [0.15, 0.2) is 54.6 Å². The van der Waals surface area contributed by atoms with Gasteiger partial charge in [0.15, 0.2) is 0 Å². The summed E-state index contributed by atoms with van der Waals surface area (Å²) in [6, 6.07) is 16.3. The van der Waals surface area contributed by atoms with Crippen LogP contribution in [0.5, 0.6) is 0 Å². The van der Waals surface area contributed by atoms with Crippen LogP contribution in [0.4, 0.5) is 10.5 Å². The van der Waals surface area contributed by atoms with Crippen LogP contribution in [0.1, 0.15) is 29.8 Å². The summed E-state index contributed by atoms with van der Waals surface area (Å²) in [5, 5.41) is 8.30. The summed E-state index contributed by atoms with van der Waals surface area (Å²) in [6.07, 6.45) is 0. The summed E-state index contributed by atoms with van der Waals surface area (Å²) in [5.41, 5.74) is 1.93. The monoisotopic (exact) mass is 311 g/mol. The molecule has 0 atom stereocenters. The molecular formula is C18H21N3O2. The number of hydrogen-bond acceptors (Lipinski definition) is 2. The van der Waals surface area contributed by atoms with E-state index in [2.05, 4.69) is 16.0 Å². The smallest absolute Gasteiger partial charge is 0.319 e. The highest BCUT2D eigenvalue weighted by Gasteiger charge is 2.13. The third-order valence-electron chi connectivity index (χ3n) is 3.14. The minimum absolute atomic E-state index is 0.0223. The molecule has 2 aromatic rings. The normalized spacial score (nSPS) is 10.2. The van der Waals surface area contributed by atoms with Gasteiger partial charge in [0.25, 0.3) is 5.91 Å². The number of para-hydroxylation sites is 1. The lowest BCUT2D eigenvalue weighted by Gasteiger charge is -2.13. The summed E-state index contributed by atoms with van der Waals surface area (Å²) in [4.78, 5) is 24.2. The molecule has 0 fully saturated rings.